The summed E-state index contributed by atoms with van der Waals surface area (Å²) in [5, 5.41) is 4.07. The van der Waals surface area contributed by atoms with Gasteiger partial charge in [-0.15, -0.1) is 0 Å². The maximum atomic E-state index is 6.60. The van der Waals surface area contributed by atoms with Crippen molar-refractivity contribution < 1.29 is 9.47 Å². The van der Waals surface area contributed by atoms with Crippen LogP contribution in [0.2, 0.25) is 5.02 Å². The van der Waals surface area contributed by atoms with Crippen LogP contribution in [-0.4, -0.2) is 45.3 Å². The number of hydrogen-bond acceptors (Lipinski definition) is 4. The summed E-state index contributed by atoms with van der Waals surface area (Å²) in [5.74, 6) is 1.31. The summed E-state index contributed by atoms with van der Waals surface area (Å²) in [6, 6.07) is 4.36. The molecule has 1 N–H and O–H groups in total. The summed E-state index contributed by atoms with van der Waals surface area (Å²) >= 11 is 6.60. The standard InChI is InChI=1S/C16H25ClN2O2/c1-4-5-13(19-10-8-18-9-11-19)12-6-7-14(20-2)16(21-3)15(12)17/h6-7,13,18H,4-5,8-11H2,1-3H3/t13-/m0/s1. The van der Waals surface area contributed by atoms with Crippen molar-refractivity contribution in [2.24, 2.45) is 0 Å². The molecule has 0 aliphatic carbocycles. The monoisotopic (exact) mass is 312 g/mol. The van der Waals surface area contributed by atoms with E-state index in [0.717, 1.165) is 44.6 Å². The fraction of sp³-hybridized carbons (Fsp3) is 0.625. The van der Waals surface area contributed by atoms with E-state index in [0.29, 0.717) is 22.6 Å². The molecule has 2 rings (SSSR count). The van der Waals surface area contributed by atoms with Crippen molar-refractivity contribution in [2.75, 3.05) is 40.4 Å². The zero-order valence-electron chi connectivity index (χ0n) is 13.1. The van der Waals surface area contributed by atoms with Gasteiger partial charge in [0.2, 0.25) is 0 Å². The Morgan fingerprint density at radius 2 is 1.95 bits per heavy atom. The van der Waals surface area contributed by atoms with Gasteiger partial charge in [-0.25, -0.2) is 0 Å². The minimum Gasteiger partial charge on any atom is -0.493 e. The Labute approximate surface area is 132 Å². The molecule has 1 heterocycles. The minimum absolute atomic E-state index is 0.337. The number of benzene rings is 1. The maximum absolute atomic E-state index is 6.60. The smallest absolute Gasteiger partial charge is 0.179 e. The molecule has 1 atom stereocenters. The molecule has 21 heavy (non-hydrogen) atoms. The number of halogens is 1. The van der Waals surface area contributed by atoms with E-state index in [2.05, 4.69) is 23.2 Å². The largest absolute Gasteiger partial charge is 0.493 e. The molecule has 0 amide bonds. The zero-order chi connectivity index (χ0) is 15.2. The maximum Gasteiger partial charge on any atom is 0.179 e. The van der Waals surface area contributed by atoms with E-state index in [1.807, 2.05) is 6.07 Å². The second kappa shape index (κ2) is 7.87. The first-order valence-corrected chi connectivity index (χ1v) is 7.95. The molecule has 0 saturated carbocycles. The highest BCUT2D eigenvalue weighted by Gasteiger charge is 2.25. The Morgan fingerprint density at radius 1 is 1.24 bits per heavy atom. The average Bonchev–Trinajstić information content (AvgIpc) is 2.53. The average molecular weight is 313 g/mol. The summed E-state index contributed by atoms with van der Waals surface area (Å²) in [5.41, 5.74) is 1.14. The molecule has 5 heteroatoms. The number of piperazine rings is 1. The molecule has 118 valence electrons. The van der Waals surface area contributed by atoms with E-state index in [1.54, 1.807) is 14.2 Å². The number of hydrogen-bond donors (Lipinski definition) is 1. The van der Waals surface area contributed by atoms with E-state index in [1.165, 1.54) is 0 Å². The van der Waals surface area contributed by atoms with Crippen molar-refractivity contribution in [1.82, 2.24) is 10.2 Å². The summed E-state index contributed by atoms with van der Waals surface area (Å²) in [4.78, 5) is 2.51. The Balaban J connectivity index is 2.35. The highest BCUT2D eigenvalue weighted by molar-refractivity contribution is 6.33. The van der Waals surface area contributed by atoms with Gasteiger partial charge in [0.1, 0.15) is 0 Å². The first-order chi connectivity index (χ1) is 10.2. The second-order valence-corrected chi connectivity index (χ2v) is 5.67. The molecule has 0 spiro atoms. The van der Waals surface area contributed by atoms with E-state index >= 15 is 0 Å². The highest BCUT2D eigenvalue weighted by Crippen LogP contribution is 2.42. The van der Waals surface area contributed by atoms with Crippen molar-refractivity contribution in [3.63, 3.8) is 0 Å². The van der Waals surface area contributed by atoms with Crippen LogP contribution in [0.4, 0.5) is 0 Å². The predicted octanol–water partition coefficient (Wildman–Crippen LogP) is 3.10. The van der Waals surface area contributed by atoms with Gasteiger partial charge in [0.15, 0.2) is 11.5 Å². The SMILES string of the molecule is CCC[C@@H](c1ccc(OC)c(OC)c1Cl)N1CCNCC1. The zero-order valence-corrected chi connectivity index (χ0v) is 13.9. The minimum atomic E-state index is 0.337. The third kappa shape index (κ3) is 3.62. The summed E-state index contributed by atoms with van der Waals surface area (Å²) in [7, 11) is 3.26. The molecular formula is C16H25ClN2O2. The second-order valence-electron chi connectivity index (χ2n) is 5.29. The lowest BCUT2D eigenvalue weighted by molar-refractivity contribution is 0.164. The highest BCUT2D eigenvalue weighted by atomic mass is 35.5. The van der Waals surface area contributed by atoms with Crippen LogP contribution in [0.1, 0.15) is 31.4 Å². The molecule has 0 radical (unpaired) electrons. The summed E-state index contributed by atoms with van der Waals surface area (Å²) < 4.78 is 10.8. The Kier molecular flexibility index (Phi) is 6.15. The fourth-order valence-corrected chi connectivity index (χ4v) is 3.32. The van der Waals surface area contributed by atoms with Gasteiger partial charge >= 0.3 is 0 Å². The fourth-order valence-electron chi connectivity index (χ4n) is 2.96. The quantitative estimate of drug-likeness (QED) is 0.875. The van der Waals surface area contributed by atoms with Crippen LogP contribution in [0.5, 0.6) is 11.5 Å². The molecule has 1 aromatic rings. The van der Waals surface area contributed by atoms with Crippen LogP contribution in [0.15, 0.2) is 12.1 Å². The normalized spacial score (nSPS) is 17.5. The lowest BCUT2D eigenvalue weighted by Gasteiger charge is -2.35. The molecule has 0 bridgehead atoms. The van der Waals surface area contributed by atoms with Crippen LogP contribution in [-0.2, 0) is 0 Å². The first-order valence-electron chi connectivity index (χ1n) is 7.58. The molecule has 0 unspecified atom stereocenters. The van der Waals surface area contributed by atoms with E-state index in [4.69, 9.17) is 21.1 Å². The molecule has 4 nitrogen and oxygen atoms in total. The van der Waals surface area contributed by atoms with Crippen molar-refractivity contribution in [3.05, 3.63) is 22.7 Å². The van der Waals surface area contributed by atoms with E-state index in [9.17, 15) is 0 Å². The molecule has 1 saturated heterocycles. The van der Waals surface area contributed by atoms with Crippen molar-refractivity contribution in [3.8, 4) is 11.5 Å². The van der Waals surface area contributed by atoms with Gasteiger partial charge in [-0.05, 0) is 18.1 Å². The van der Waals surface area contributed by atoms with Gasteiger partial charge < -0.3 is 14.8 Å². The van der Waals surface area contributed by atoms with Gasteiger partial charge in [-0.1, -0.05) is 31.0 Å². The number of nitrogens with one attached hydrogen (secondary N) is 1. The number of nitrogens with zero attached hydrogens (tertiary/aromatic N) is 1. The van der Waals surface area contributed by atoms with Crippen molar-refractivity contribution in [1.29, 1.82) is 0 Å². The van der Waals surface area contributed by atoms with Gasteiger partial charge in [0.05, 0.1) is 19.2 Å². The molecule has 1 aromatic carbocycles. The van der Waals surface area contributed by atoms with Gasteiger partial charge in [0.25, 0.3) is 0 Å². The lowest BCUT2D eigenvalue weighted by Crippen LogP contribution is -2.45. The van der Waals surface area contributed by atoms with Crippen LogP contribution < -0.4 is 14.8 Å². The number of rotatable bonds is 6. The summed E-state index contributed by atoms with van der Waals surface area (Å²) in [6.45, 7) is 6.38. The number of methoxy groups -OCH3 is 2. The lowest BCUT2D eigenvalue weighted by atomic mass is 9.99. The summed E-state index contributed by atoms with van der Waals surface area (Å²) in [6.07, 6.45) is 2.22. The van der Waals surface area contributed by atoms with Crippen LogP contribution >= 0.6 is 11.6 Å². The Morgan fingerprint density at radius 3 is 2.52 bits per heavy atom. The molecule has 1 aliphatic heterocycles. The number of ether oxygens (including phenoxy) is 2. The molecule has 0 aromatic heterocycles. The third-order valence-electron chi connectivity index (χ3n) is 4.03. The van der Waals surface area contributed by atoms with E-state index in [-0.39, 0.29) is 0 Å². The predicted molar refractivity (Wildman–Crippen MR) is 86.6 cm³/mol. The van der Waals surface area contributed by atoms with Crippen molar-refractivity contribution >= 4 is 11.6 Å². The molecule has 1 aliphatic rings. The van der Waals surface area contributed by atoms with Crippen molar-refractivity contribution in [2.45, 2.75) is 25.8 Å². The van der Waals surface area contributed by atoms with Crippen LogP contribution in [0, 0.1) is 0 Å². The van der Waals surface area contributed by atoms with Gasteiger partial charge in [-0.2, -0.15) is 0 Å². The Hall–Kier alpha value is -0.970. The van der Waals surface area contributed by atoms with Gasteiger partial charge in [-0.3, -0.25) is 4.90 Å². The Bertz CT molecular complexity index is 462. The molecule has 1 fully saturated rings. The third-order valence-corrected chi connectivity index (χ3v) is 4.42. The van der Waals surface area contributed by atoms with E-state index < -0.39 is 0 Å². The topological polar surface area (TPSA) is 33.7 Å². The molecular weight excluding hydrogens is 288 g/mol. The van der Waals surface area contributed by atoms with Crippen LogP contribution in [0.3, 0.4) is 0 Å². The van der Waals surface area contributed by atoms with Gasteiger partial charge in [0, 0.05) is 32.2 Å². The van der Waals surface area contributed by atoms with Crippen LogP contribution in [0.25, 0.3) is 0 Å². The first kappa shape index (κ1) is 16.4.